The van der Waals surface area contributed by atoms with E-state index in [1.165, 1.54) is 6.07 Å². The maximum Gasteiger partial charge on any atom is 0.255 e. The molecule has 3 rings (SSSR count). The van der Waals surface area contributed by atoms with Crippen molar-refractivity contribution in [2.45, 2.75) is 26.6 Å². The Bertz CT molecular complexity index is 1010. The van der Waals surface area contributed by atoms with E-state index in [0.29, 0.717) is 23.4 Å². The zero-order chi connectivity index (χ0) is 19.4. The number of aromatic nitrogens is 1. The maximum absolute atomic E-state index is 12.5. The molecule has 1 heterocycles. The van der Waals surface area contributed by atoms with Gasteiger partial charge in [-0.3, -0.25) is 9.59 Å². The van der Waals surface area contributed by atoms with Gasteiger partial charge in [-0.25, -0.2) is 0 Å². The largest absolute Gasteiger partial charge is 0.491 e. The second kappa shape index (κ2) is 8.05. The number of ether oxygens (including phenoxy) is 2. The number of fused-ring (bicyclic) bond motifs is 1. The summed E-state index contributed by atoms with van der Waals surface area (Å²) in [7, 11) is 1.58. The second-order valence-electron chi connectivity index (χ2n) is 6.50. The van der Waals surface area contributed by atoms with E-state index in [1.54, 1.807) is 43.5 Å². The lowest BCUT2D eigenvalue weighted by molar-refractivity contribution is 0.102. The van der Waals surface area contributed by atoms with Crippen LogP contribution in [0.4, 0.5) is 5.69 Å². The quantitative estimate of drug-likeness (QED) is 0.697. The zero-order valence-corrected chi connectivity index (χ0v) is 15.5. The number of methoxy groups -OCH3 is 1. The number of anilines is 1. The molecule has 6 heteroatoms. The molecule has 1 amide bonds. The topological polar surface area (TPSA) is 80.4 Å². The monoisotopic (exact) mass is 366 g/mol. The highest BCUT2D eigenvalue weighted by atomic mass is 16.5. The van der Waals surface area contributed by atoms with Crippen molar-refractivity contribution < 1.29 is 14.3 Å². The van der Waals surface area contributed by atoms with Crippen molar-refractivity contribution in [1.82, 2.24) is 4.98 Å². The fourth-order valence-corrected chi connectivity index (χ4v) is 2.85. The summed E-state index contributed by atoms with van der Waals surface area (Å²) in [6.07, 6.45) is 0.0763. The summed E-state index contributed by atoms with van der Waals surface area (Å²) in [4.78, 5) is 27.1. The Labute approximate surface area is 157 Å². The van der Waals surface area contributed by atoms with Gasteiger partial charge in [0.15, 0.2) is 0 Å². The lowest BCUT2D eigenvalue weighted by atomic mass is 10.1. The fourth-order valence-electron chi connectivity index (χ4n) is 2.85. The van der Waals surface area contributed by atoms with Gasteiger partial charge >= 0.3 is 0 Å². The minimum atomic E-state index is -0.235. The SMILES string of the molecule is COCc1cc(=O)[nH]c2cc(NC(=O)c3ccc(OC(C)C)cc3)ccc12. The fraction of sp³-hybridized carbons (Fsp3) is 0.238. The number of rotatable bonds is 6. The van der Waals surface area contributed by atoms with Crippen LogP contribution in [-0.4, -0.2) is 24.1 Å². The van der Waals surface area contributed by atoms with Crippen LogP contribution in [0.5, 0.6) is 5.75 Å². The molecule has 0 bridgehead atoms. The maximum atomic E-state index is 12.5. The molecule has 0 fully saturated rings. The van der Waals surface area contributed by atoms with Gasteiger partial charge in [0.1, 0.15) is 5.75 Å². The molecule has 3 aromatic rings. The van der Waals surface area contributed by atoms with Gasteiger partial charge in [-0.1, -0.05) is 6.07 Å². The number of pyridine rings is 1. The molecule has 0 saturated heterocycles. The molecular formula is C21H22N2O4. The molecule has 2 N–H and O–H groups in total. The van der Waals surface area contributed by atoms with E-state index in [-0.39, 0.29) is 17.6 Å². The zero-order valence-electron chi connectivity index (χ0n) is 15.5. The van der Waals surface area contributed by atoms with Crippen LogP contribution < -0.4 is 15.6 Å². The van der Waals surface area contributed by atoms with Gasteiger partial charge in [-0.2, -0.15) is 0 Å². The van der Waals surface area contributed by atoms with Crippen molar-refractivity contribution in [3.63, 3.8) is 0 Å². The summed E-state index contributed by atoms with van der Waals surface area (Å²) in [5.41, 5.74) is 2.36. The number of amides is 1. The molecule has 0 aliphatic rings. The summed E-state index contributed by atoms with van der Waals surface area (Å²) in [5, 5.41) is 3.73. The Hall–Kier alpha value is -3.12. The molecule has 0 aliphatic heterocycles. The first kappa shape index (κ1) is 18.7. The van der Waals surface area contributed by atoms with E-state index in [0.717, 1.165) is 16.7 Å². The Morgan fingerprint density at radius 1 is 1.11 bits per heavy atom. The number of benzene rings is 2. The number of hydrogen-bond acceptors (Lipinski definition) is 4. The molecule has 27 heavy (non-hydrogen) atoms. The number of H-pyrrole nitrogens is 1. The summed E-state index contributed by atoms with van der Waals surface area (Å²) in [6.45, 7) is 4.24. The Morgan fingerprint density at radius 2 is 1.85 bits per heavy atom. The van der Waals surface area contributed by atoms with Gasteiger partial charge in [-0.05, 0) is 55.8 Å². The van der Waals surface area contributed by atoms with Gasteiger partial charge < -0.3 is 19.8 Å². The normalized spacial score (nSPS) is 11.0. The highest BCUT2D eigenvalue weighted by Gasteiger charge is 2.09. The summed E-state index contributed by atoms with van der Waals surface area (Å²) < 4.78 is 10.7. The van der Waals surface area contributed by atoms with Crippen molar-refractivity contribution in [2.24, 2.45) is 0 Å². The highest BCUT2D eigenvalue weighted by molar-refractivity contribution is 6.05. The predicted molar refractivity (Wildman–Crippen MR) is 105 cm³/mol. The molecule has 2 aromatic carbocycles. The molecule has 0 spiro atoms. The van der Waals surface area contributed by atoms with E-state index >= 15 is 0 Å². The summed E-state index contributed by atoms with van der Waals surface area (Å²) in [5.74, 6) is 0.483. The van der Waals surface area contributed by atoms with Crippen molar-refractivity contribution in [1.29, 1.82) is 0 Å². The van der Waals surface area contributed by atoms with Crippen LogP contribution in [0.25, 0.3) is 10.9 Å². The van der Waals surface area contributed by atoms with Gasteiger partial charge in [-0.15, -0.1) is 0 Å². The van der Waals surface area contributed by atoms with E-state index in [9.17, 15) is 9.59 Å². The third-order valence-electron chi connectivity index (χ3n) is 3.97. The van der Waals surface area contributed by atoms with Crippen LogP contribution in [0.1, 0.15) is 29.8 Å². The van der Waals surface area contributed by atoms with Crippen molar-refractivity contribution in [3.05, 3.63) is 70.0 Å². The lowest BCUT2D eigenvalue weighted by Gasteiger charge is -2.11. The van der Waals surface area contributed by atoms with Gasteiger partial charge in [0.05, 0.1) is 18.2 Å². The van der Waals surface area contributed by atoms with E-state index in [4.69, 9.17) is 9.47 Å². The predicted octanol–water partition coefficient (Wildman–Crippen LogP) is 3.71. The smallest absolute Gasteiger partial charge is 0.255 e. The molecule has 0 radical (unpaired) electrons. The molecular weight excluding hydrogens is 344 g/mol. The number of nitrogens with one attached hydrogen (secondary N) is 2. The number of carbonyl (C=O) groups is 1. The average Bonchev–Trinajstić information content (AvgIpc) is 2.61. The van der Waals surface area contributed by atoms with Crippen LogP contribution in [0, 0.1) is 0 Å². The van der Waals surface area contributed by atoms with Crippen molar-refractivity contribution in [2.75, 3.05) is 12.4 Å². The standard InChI is InChI=1S/C21H22N2O4/c1-13(2)27-17-7-4-14(5-8-17)21(25)22-16-6-9-18-15(12-26-3)10-20(24)23-19(18)11-16/h4-11,13H,12H2,1-3H3,(H,22,25)(H,23,24). The summed E-state index contributed by atoms with van der Waals surface area (Å²) >= 11 is 0. The van der Waals surface area contributed by atoms with Crippen molar-refractivity contribution >= 4 is 22.5 Å². The summed E-state index contributed by atoms with van der Waals surface area (Å²) in [6, 6.07) is 13.9. The van der Waals surface area contributed by atoms with Crippen LogP contribution in [-0.2, 0) is 11.3 Å². The molecule has 0 unspecified atom stereocenters. The molecule has 0 atom stereocenters. The van der Waals surface area contributed by atoms with Crippen LogP contribution in [0.15, 0.2) is 53.3 Å². The number of carbonyl (C=O) groups excluding carboxylic acids is 1. The molecule has 140 valence electrons. The minimum Gasteiger partial charge on any atom is -0.491 e. The number of aromatic amines is 1. The number of hydrogen-bond donors (Lipinski definition) is 2. The van der Waals surface area contributed by atoms with E-state index < -0.39 is 0 Å². The van der Waals surface area contributed by atoms with Crippen molar-refractivity contribution in [3.8, 4) is 5.75 Å². The van der Waals surface area contributed by atoms with Crippen LogP contribution >= 0.6 is 0 Å². The molecule has 0 aliphatic carbocycles. The first-order valence-electron chi connectivity index (χ1n) is 8.69. The van der Waals surface area contributed by atoms with Gasteiger partial charge in [0.25, 0.3) is 5.91 Å². The second-order valence-corrected chi connectivity index (χ2v) is 6.50. The van der Waals surface area contributed by atoms with Gasteiger partial charge in [0, 0.05) is 29.8 Å². The molecule has 6 nitrogen and oxygen atoms in total. The Kier molecular flexibility index (Phi) is 5.57. The third-order valence-corrected chi connectivity index (χ3v) is 3.97. The first-order chi connectivity index (χ1) is 13.0. The Balaban J connectivity index is 1.81. The van der Waals surface area contributed by atoms with Crippen LogP contribution in [0.3, 0.4) is 0 Å². The first-order valence-corrected chi connectivity index (χ1v) is 8.69. The van der Waals surface area contributed by atoms with E-state index in [2.05, 4.69) is 10.3 Å². The van der Waals surface area contributed by atoms with E-state index in [1.807, 2.05) is 19.9 Å². The third kappa shape index (κ3) is 4.54. The minimum absolute atomic E-state index is 0.0763. The highest BCUT2D eigenvalue weighted by Crippen LogP contribution is 2.21. The van der Waals surface area contributed by atoms with Gasteiger partial charge in [0.2, 0.25) is 5.56 Å². The Morgan fingerprint density at radius 3 is 2.52 bits per heavy atom. The lowest BCUT2D eigenvalue weighted by Crippen LogP contribution is -2.13. The molecule has 0 saturated carbocycles. The molecule has 1 aromatic heterocycles. The average molecular weight is 366 g/mol. The van der Waals surface area contributed by atoms with Crippen LogP contribution in [0.2, 0.25) is 0 Å².